The normalized spacial score (nSPS) is 31.4. The minimum atomic E-state index is 0.332. The highest BCUT2D eigenvalue weighted by molar-refractivity contribution is 4.89. The van der Waals surface area contributed by atoms with Gasteiger partial charge in [0.05, 0.1) is 0 Å². The van der Waals surface area contributed by atoms with Gasteiger partial charge < -0.3 is 5.32 Å². The molecule has 2 nitrogen and oxygen atoms in total. The first-order valence-electron chi connectivity index (χ1n) is 8.23. The summed E-state index contributed by atoms with van der Waals surface area (Å²) in [4.78, 5) is 2.72. The minimum Gasteiger partial charge on any atom is -0.312 e. The van der Waals surface area contributed by atoms with Crippen molar-refractivity contribution in [1.82, 2.24) is 10.2 Å². The first kappa shape index (κ1) is 17.0. The van der Waals surface area contributed by atoms with Crippen molar-refractivity contribution < 1.29 is 0 Å². The number of nitrogens with one attached hydrogen (secondary N) is 1. The van der Waals surface area contributed by atoms with E-state index in [2.05, 4.69) is 58.7 Å². The molecule has 0 saturated carbocycles. The predicted molar refractivity (Wildman–Crippen MR) is 85.5 cm³/mol. The molecule has 0 aliphatic carbocycles. The maximum Gasteiger partial charge on any atom is 0.0243 e. The monoisotopic (exact) mass is 268 g/mol. The lowest BCUT2D eigenvalue weighted by molar-refractivity contribution is 0.0543. The van der Waals surface area contributed by atoms with Crippen LogP contribution >= 0.6 is 0 Å². The summed E-state index contributed by atoms with van der Waals surface area (Å²) in [6.45, 7) is 20.2. The van der Waals surface area contributed by atoms with Gasteiger partial charge in [-0.2, -0.15) is 0 Å². The fraction of sp³-hybridized carbons (Fsp3) is 1.00. The molecule has 0 spiro atoms. The third kappa shape index (κ3) is 5.07. The Morgan fingerprint density at radius 1 is 1.21 bits per heavy atom. The van der Waals surface area contributed by atoms with Crippen molar-refractivity contribution in [3.05, 3.63) is 0 Å². The summed E-state index contributed by atoms with van der Waals surface area (Å²) in [5.41, 5.74) is 0.332. The Balaban J connectivity index is 2.66. The minimum absolute atomic E-state index is 0.332. The lowest BCUT2D eigenvalue weighted by Crippen LogP contribution is -2.54. The zero-order valence-corrected chi connectivity index (χ0v) is 14.3. The second-order valence-electron chi connectivity index (χ2n) is 7.89. The topological polar surface area (TPSA) is 15.3 Å². The van der Waals surface area contributed by atoms with Gasteiger partial charge in [-0.1, -0.05) is 41.5 Å². The Hall–Kier alpha value is -0.0800. The predicted octanol–water partition coefficient (Wildman–Crippen LogP) is 3.77. The molecule has 1 aliphatic heterocycles. The Morgan fingerprint density at radius 2 is 1.84 bits per heavy atom. The Bertz CT molecular complexity index is 256. The van der Waals surface area contributed by atoms with Crippen LogP contribution in [0.4, 0.5) is 0 Å². The van der Waals surface area contributed by atoms with Crippen LogP contribution in [0.1, 0.15) is 61.3 Å². The third-order valence-electron chi connectivity index (χ3n) is 4.82. The molecule has 1 N–H and O–H groups in total. The summed E-state index contributed by atoms with van der Waals surface area (Å²) in [6.07, 6.45) is 2.61. The van der Waals surface area contributed by atoms with Crippen LogP contribution in [0.5, 0.6) is 0 Å². The molecule has 1 aliphatic rings. The molecule has 1 fully saturated rings. The number of likely N-dealkylation sites (tertiary alicyclic amines) is 1. The molecule has 0 aromatic carbocycles. The van der Waals surface area contributed by atoms with E-state index in [1.165, 1.54) is 25.9 Å². The smallest absolute Gasteiger partial charge is 0.0243 e. The molecule has 0 amide bonds. The molecule has 114 valence electrons. The van der Waals surface area contributed by atoms with Gasteiger partial charge in [0.2, 0.25) is 0 Å². The molecular weight excluding hydrogens is 232 g/mol. The molecule has 1 saturated heterocycles. The fourth-order valence-electron chi connectivity index (χ4n) is 3.27. The highest BCUT2D eigenvalue weighted by Crippen LogP contribution is 2.29. The van der Waals surface area contributed by atoms with E-state index in [1.807, 2.05) is 0 Å². The van der Waals surface area contributed by atoms with E-state index in [0.717, 1.165) is 24.4 Å². The molecule has 0 aromatic rings. The van der Waals surface area contributed by atoms with Crippen molar-refractivity contribution in [1.29, 1.82) is 0 Å². The highest BCUT2D eigenvalue weighted by Gasteiger charge is 2.33. The van der Waals surface area contributed by atoms with Crippen molar-refractivity contribution in [3.8, 4) is 0 Å². The largest absolute Gasteiger partial charge is 0.312 e. The SMILES string of the molecule is CCCNC(CN1CC(C)CC(C)C1C)C(C)(C)C. The summed E-state index contributed by atoms with van der Waals surface area (Å²) in [7, 11) is 0. The number of nitrogens with zero attached hydrogens (tertiary/aromatic N) is 1. The summed E-state index contributed by atoms with van der Waals surface area (Å²) in [6, 6.07) is 1.32. The molecule has 0 aromatic heterocycles. The van der Waals surface area contributed by atoms with E-state index in [0.29, 0.717) is 11.5 Å². The number of piperidine rings is 1. The van der Waals surface area contributed by atoms with Gasteiger partial charge in [-0.25, -0.2) is 0 Å². The zero-order valence-electron chi connectivity index (χ0n) is 14.3. The van der Waals surface area contributed by atoms with Crippen LogP contribution in [-0.2, 0) is 0 Å². The van der Waals surface area contributed by atoms with Crippen LogP contribution in [0.2, 0.25) is 0 Å². The molecule has 1 rings (SSSR count). The molecule has 19 heavy (non-hydrogen) atoms. The van der Waals surface area contributed by atoms with Crippen molar-refractivity contribution in [2.75, 3.05) is 19.6 Å². The van der Waals surface area contributed by atoms with E-state index in [-0.39, 0.29) is 0 Å². The molecule has 0 radical (unpaired) electrons. The Morgan fingerprint density at radius 3 is 2.37 bits per heavy atom. The lowest BCUT2D eigenvalue weighted by Gasteiger charge is -2.45. The standard InChI is InChI=1S/C17H36N2/c1-8-9-18-16(17(5,6)7)12-19-11-13(2)10-14(3)15(19)4/h13-16,18H,8-12H2,1-7H3. The summed E-state index contributed by atoms with van der Waals surface area (Å²) in [5.74, 6) is 1.67. The second-order valence-corrected chi connectivity index (χ2v) is 7.89. The van der Waals surface area contributed by atoms with E-state index in [9.17, 15) is 0 Å². The molecule has 4 atom stereocenters. The third-order valence-corrected chi connectivity index (χ3v) is 4.82. The van der Waals surface area contributed by atoms with Gasteiger partial charge in [-0.3, -0.25) is 4.90 Å². The molecular formula is C17H36N2. The van der Waals surface area contributed by atoms with Crippen molar-refractivity contribution in [2.24, 2.45) is 17.3 Å². The lowest BCUT2D eigenvalue weighted by atomic mass is 9.82. The fourth-order valence-corrected chi connectivity index (χ4v) is 3.27. The quantitative estimate of drug-likeness (QED) is 0.816. The van der Waals surface area contributed by atoms with E-state index < -0.39 is 0 Å². The Labute approximate surface area is 121 Å². The van der Waals surface area contributed by atoms with E-state index >= 15 is 0 Å². The van der Waals surface area contributed by atoms with Crippen molar-refractivity contribution in [3.63, 3.8) is 0 Å². The number of hydrogen-bond acceptors (Lipinski definition) is 2. The molecule has 0 bridgehead atoms. The van der Waals surface area contributed by atoms with Gasteiger partial charge >= 0.3 is 0 Å². The van der Waals surface area contributed by atoms with Gasteiger partial charge in [-0.15, -0.1) is 0 Å². The van der Waals surface area contributed by atoms with Crippen LogP contribution in [-0.4, -0.2) is 36.6 Å². The van der Waals surface area contributed by atoms with Gasteiger partial charge in [0.25, 0.3) is 0 Å². The first-order valence-corrected chi connectivity index (χ1v) is 8.23. The van der Waals surface area contributed by atoms with Gasteiger partial charge in [0.1, 0.15) is 0 Å². The summed E-state index contributed by atoms with van der Waals surface area (Å²) in [5, 5.41) is 3.77. The maximum atomic E-state index is 3.77. The average molecular weight is 268 g/mol. The number of hydrogen-bond donors (Lipinski definition) is 1. The molecule has 2 heteroatoms. The second kappa shape index (κ2) is 7.08. The van der Waals surface area contributed by atoms with E-state index in [4.69, 9.17) is 0 Å². The van der Waals surface area contributed by atoms with Gasteiger partial charge in [0.15, 0.2) is 0 Å². The average Bonchev–Trinajstić information content (AvgIpc) is 2.28. The summed E-state index contributed by atoms with van der Waals surface area (Å²) < 4.78 is 0. The first-order chi connectivity index (χ1) is 8.75. The van der Waals surface area contributed by atoms with Crippen LogP contribution < -0.4 is 5.32 Å². The van der Waals surface area contributed by atoms with Gasteiger partial charge in [0, 0.05) is 25.2 Å². The highest BCUT2D eigenvalue weighted by atomic mass is 15.2. The van der Waals surface area contributed by atoms with Crippen LogP contribution in [0.3, 0.4) is 0 Å². The zero-order chi connectivity index (χ0) is 14.6. The van der Waals surface area contributed by atoms with Crippen LogP contribution in [0.15, 0.2) is 0 Å². The van der Waals surface area contributed by atoms with Crippen molar-refractivity contribution in [2.45, 2.75) is 73.4 Å². The maximum absolute atomic E-state index is 3.77. The number of rotatable bonds is 5. The molecule has 1 heterocycles. The van der Waals surface area contributed by atoms with E-state index in [1.54, 1.807) is 0 Å². The van der Waals surface area contributed by atoms with Crippen LogP contribution in [0.25, 0.3) is 0 Å². The van der Waals surface area contributed by atoms with Gasteiger partial charge in [-0.05, 0) is 43.6 Å². The summed E-state index contributed by atoms with van der Waals surface area (Å²) >= 11 is 0. The molecule has 4 unspecified atom stereocenters. The van der Waals surface area contributed by atoms with Crippen molar-refractivity contribution >= 4 is 0 Å². The van der Waals surface area contributed by atoms with Crippen LogP contribution in [0, 0.1) is 17.3 Å². The Kier molecular flexibility index (Phi) is 6.32.